The number of hydrogen-bond acceptors (Lipinski definition) is 6. The number of nitrogens with zero attached hydrogens (tertiary/aromatic N) is 3. The molecule has 1 saturated heterocycles. The molecule has 0 bridgehead atoms. The van der Waals surface area contributed by atoms with Gasteiger partial charge in [-0.1, -0.05) is 29.4 Å². The largest absolute Gasteiger partial charge is 0.508 e. The zero-order valence-electron chi connectivity index (χ0n) is 17.8. The maximum atomic E-state index is 13.5. The fourth-order valence-corrected chi connectivity index (χ4v) is 4.41. The number of benzene rings is 3. The van der Waals surface area contributed by atoms with Crippen LogP contribution in [0.15, 0.2) is 59.1 Å². The first-order valence-corrected chi connectivity index (χ1v) is 10.7. The van der Waals surface area contributed by atoms with E-state index in [2.05, 4.69) is 15.0 Å². The number of aromatic hydroxyl groups is 1. The molecule has 0 radical (unpaired) electrons. The van der Waals surface area contributed by atoms with Gasteiger partial charge in [0.25, 0.3) is 0 Å². The normalized spacial score (nSPS) is 17.0. The van der Waals surface area contributed by atoms with E-state index >= 15 is 0 Å². The Hall–Kier alpha value is -3.45. The molecule has 0 saturated carbocycles. The fraction of sp³-hybridized carbons (Fsp3) is 0.280. The van der Waals surface area contributed by atoms with E-state index in [9.17, 15) is 9.50 Å². The summed E-state index contributed by atoms with van der Waals surface area (Å²) >= 11 is 0. The van der Waals surface area contributed by atoms with Gasteiger partial charge in [0.05, 0.1) is 13.0 Å². The summed E-state index contributed by atoms with van der Waals surface area (Å²) < 4.78 is 24.5. The summed E-state index contributed by atoms with van der Waals surface area (Å²) in [7, 11) is 1.64. The second-order valence-corrected chi connectivity index (χ2v) is 8.19. The Morgan fingerprint density at radius 2 is 2.06 bits per heavy atom. The van der Waals surface area contributed by atoms with Gasteiger partial charge in [-0.25, -0.2) is 4.39 Å². The van der Waals surface area contributed by atoms with E-state index in [1.807, 2.05) is 24.3 Å². The number of rotatable bonds is 5. The molecule has 1 aliphatic heterocycles. The second kappa shape index (κ2) is 8.59. The molecule has 32 heavy (non-hydrogen) atoms. The molecule has 4 aromatic rings. The van der Waals surface area contributed by atoms with Crippen LogP contribution in [0.5, 0.6) is 11.5 Å². The van der Waals surface area contributed by atoms with E-state index in [-0.39, 0.29) is 17.5 Å². The van der Waals surface area contributed by atoms with Crippen molar-refractivity contribution in [2.24, 2.45) is 0 Å². The summed E-state index contributed by atoms with van der Waals surface area (Å²) in [5.41, 5.74) is 1.48. The molecule has 0 aliphatic carbocycles. The Labute approximate surface area is 185 Å². The Bertz CT molecular complexity index is 1260. The van der Waals surface area contributed by atoms with E-state index in [1.54, 1.807) is 25.3 Å². The Balaban J connectivity index is 1.37. The second-order valence-electron chi connectivity index (χ2n) is 8.19. The minimum Gasteiger partial charge on any atom is -0.508 e. The number of piperidine rings is 1. The predicted molar refractivity (Wildman–Crippen MR) is 119 cm³/mol. The molecular formula is C25H24FN3O3. The molecule has 5 rings (SSSR count). The maximum Gasteiger partial charge on any atom is 0.231 e. The topological polar surface area (TPSA) is 71.6 Å². The molecule has 164 valence electrons. The van der Waals surface area contributed by atoms with Crippen LogP contribution in [0.3, 0.4) is 0 Å². The van der Waals surface area contributed by atoms with Gasteiger partial charge in [-0.2, -0.15) is 4.98 Å². The average molecular weight is 433 g/mol. The Morgan fingerprint density at radius 3 is 2.91 bits per heavy atom. The first-order chi connectivity index (χ1) is 15.6. The summed E-state index contributed by atoms with van der Waals surface area (Å²) in [6.07, 6.45) is 1.92. The number of hydrogen-bond donors (Lipinski definition) is 1. The molecule has 6 nitrogen and oxygen atoms in total. The number of halogens is 1. The molecule has 1 fully saturated rings. The van der Waals surface area contributed by atoms with E-state index in [0.717, 1.165) is 48.0 Å². The lowest BCUT2D eigenvalue weighted by molar-refractivity contribution is 0.179. The van der Waals surface area contributed by atoms with Gasteiger partial charge < -0.3 is 14.4 Å². The van der Waals surface area contributed by atoms with Crippen molar-refractivity contribution in [2.75, 3.05) is 20.2 Å². The average Bonchev–Trinajstić information content (AvgIpc) is 3.31. The highest BCUT2D eigenvalue weighted by Crippen LogP contribution is 2.34. The zero-order chi connectivity index (χ0) is 22.1. The van der Waals surface area contributed by atoms with Crippen molar-refractivity contribution < 1.29 is 18.8 Å². The van der Waals surface area contributed by atoms with Crippen LogP contribution < -0.4 is 4.74 Å². The molecule has 0 amide bonds. The summed E-state index contributed by atoms with van der Waals surface area (Å²) in [4.78, 5) is 6.84. The van der Waals surface area contributed by atoms with Crippen molar-refractivity contribution in [3.8, 4) is 22.9 Å². The smallest absolute Gasteiger partial charge is 0.231 e. The van der Waals surface area contributed by atoms with Crippen LogP contribution in [0, 0.1) is 5.82 Å². The number of fused-ring (bicyclic) bond motifs is 1. The Morgan fingerprint density at radius 1 is 1.19 bits per heavy atom. The van der Waals surface area contributed by atoms with Gasteiger partial charge in [0.2, 0.25) is 11.7 Å². The van der Waals surface area contributed by atoms with Crippen molar-refractivity contribution in [1.82, 2.24) is 15.0 Å². The molecule has 1 unspecified atom stereocenters. The molecule has 7 heteroatoms. The van der Waals surface area contributed by atoms with Crippen LogP contribution in [-0.4, -0.2) is 40.3 Å². The van der Waals surface area contributed by atoms with Gasteiger partial charge >= 0.3 is 0 Å². The highest BCUT2D eigenvalue weighted by molar-refractivity contribution is 5.89. The third kappa shape index (κ3) is 4.03. The lowest BCUT2D eigenvalue weighted by Gasteiger charge is -2.31. The molecule has 3 aromatic carbocycles. The Kier molecular flexibility index (Phi) is 5.49. The maximum absolute atomic E-state index is 13.5. The van der Waals surface area contributed by atoms with Crippen LogP contribution in [-0.2, 0) is 6.54 Å². The van der Waals surface area contributed by atoms with Crippen LogP contribution >= 0.6 is 0 Å². The standard InChI is InChI=1S/C25H24FN3O3/c1-31-20-9-7-16-8-10-23(30)22(21(16)13-20)15-29-11-3-5-18(14-29)25-27-24(28-32-25)17-4-2-6-19(26)12-17/h2,4,6-10,12-13,18,30H,3,5,11,14-15H2,1H3. The molecule has 1 aromatic heterocycles. The molecule has 1 aliphatic rings. The zero-order valence-corrected chi connectivity index (χ0v) is 17.8. The van der Waals surface area contributed by atoms with Gasteiger partial charge in [-0.3, -0.25) is 4.90 Å². The fourth-order valence-electron chi connectivity index (χ4n) is 4.41. The highest BCUT2D eigenvalue weighted by atomic mass is 19.1. The monoisotopic (exact) mass is 433 g/mol. The molecule has 0 spiro atoms. The van der Waals surface area contributed by atoms with Crippen molar-refractivity contribution in [3.63, 3.8) is 0 Å². The van der Waals surface area contributed by atoms with Crippen molar-refractivity contribution in [2.45, 2.75) is 25.3 Å². The van der Waals surface area contributed by atoms with Crippen molar-refractivity contribution >= 4 is 10.8 Å². The number of phenolic OH excluding ortho intramolecular Hbond substituents is 1. The molecular weight excluding hydrogens is 409 g/mol. The number of ether oxygens (including phenoxy) is 1. The molecule has 1 atom stereocenters. The minimum absolute atomic E-state index is 0.0882. The van der Waals surface area contributed by atoms with Crippen LogP contribution in [0.25, 0.3) is 22.2 Å². The molecule has 1 N–H and O–H groups in total. The SMILES string of the molecule is COc1ccc2ccc(O)c(CN3CCCC(c4nc(-c5cccc(F)c5)no4)C3)c2c1. The van der Waals surface area contributed by atoms with Gasteiger partial charge in [0.15, 0.2) is 0 Å². The van der Waals surface area contributed by atoms with Crippen LogP contribution in [0.1, 0.15) is 30.2 Å². The number of likely N-dealkylation sites (tertiary alicyclic amines) is 1. The van der Waals surface area contributed by atoms with Crippen LogP contribution in [0.4, 0.5) is 4.39 Å². The summed E-state index contributed by atoms with van der Waals surface area (Å²) in [5.74, 6) is 1.76. The summed E-state index contributed by atoms with van der Waals surface area (Å²) in [6, 6.07) is 15.7. The van der Waals surface area contributed by atoms with E-state index in [4.69, 9.17) is 9.26 Å². The summed E-state index contributed by atoms with van der Waals surface area (Å²) in [6.45, 7) is 2.27. The van der Waals surface area contributed by atoms with Gasteiger partial charge in [-0.05, 0) is 60.5 Å². The van der Waals surface area contributed by atoms with Gasteiger partial charge in [0.1, 0.15) is 17.3 Å². The van der Waals surface area contributed by atoms with Crippen molar-refractivity contribution in [3.05, 3.63) is 71.9 Å². The quantitative estimate of drug-likeness (QED) is 0.471. The van der Waals surface area contributed by atoms with E-state index in [0.29, 0.717) is 23.8 Å². The first kappa shape index (κ1) is 20.5. The number of phenols is 1. The number of aromatic nitrogens is 2. The lowest BCUT2D eigenvalue weighted by Crippen LogP contribution is -2.34. The van der Waals surface area contributed by atoms with Gasteiger partial charge in [-0.15, -0.1) is 0 Å². The van der Waals surface area contributed by atoms with E-state index in [1.165, 1.54) is 12.1 Å². The minimum atomic E-state index is -0.329. The predicted octanol–water partition coefficient (Wildman–Crippen LogP) is 5.12. The third-order valence-electron chi connectivity index (χ3n) is 6.08. The third-order valence-corrected chi connectivity index (χ3v) is 6.08. The number of methoxy groups -OCH3 is 1. The molecule has 2 heterocycles. The van der Waals surface area contributed by atoms with E-state index < -0.39 is 0 Å². The van der Waals surface area contributed by atoms with Gasteiger partial charge in [0, 0.05) is 24.2 Å². The first-order valence-electron chi connectivity index (χ1n) is 10.7. The van der Waals surface area contributed by atoms with Crippen molar-refractivity contribution in [1.29, 1.82) is 0 Å². The van der Waals surface area contributed by atoms with Crippen LogP contribution in [0.2, 0.25) is 0 Å². The lowest BCUT2D eigenvalue weighted by atomic mass is 9.96. The summed E-state index contributed by atoms with van der Waals surface area (Å²) in [5, 5.41) is 16.7. The highest BCUT2D eigenvalue weighted by Gasteiger charge is 2.27.